The lowest BCUT2D eigenvalue weighted by atomic mass is 9.89. The molecule has 1 aliphatic heterocycles. The predicted octanol–water partition coefficient (Wildman–Crippen LogP) is 3.01. The van der Waals surface area contributed by atoms with Crippen LogP contribution in [0.4, 0.5) is 4.79 Å². The van der Waals surface area contributed by atoms with E-state index >= 15 is 0 Å². The Bertz CT molecular complexity index is 584. The van der Waals surface area contributed by atoms with Gasteiger partial charge in [0, 0.05) is 26.1 Å². The van der Waals surface area contributed by atoms with Crippen LogP contribution in [-0.4, -0.2) is 47.2 Å². The molecule has 25 heavy (non-hydrogen) atoms. The highest BCUT2D eigenvalue weighted by Crippen LogP contribution is 2.29. The molecular formula is C19H28N2O4. The van der Waals surface area contributed by atoms with E-state index in [2.05, 4.69) is 5.32 Å². The lowest BCUT2D eigenvalue weighted by Gasteiger charge is -2.32. The number of ether oxygens (including phenoxy) is 1. The highest BCUT2D eigenvalue weighted by atomic mass is 16.6. The molecule has 0 atom stereocenters. The fraction of sp³-hybridized carbons (Fsp3) is 0.579. The third-order valence-corrected chi connectivity index (χ3v) is 4.22. The number of amides is 2. The maximum absolute atomic E-state index is 12.3. The van der Waals surface area contributed by atoms with E-state index in [0.29, 0.717) is 5.92 Å². The van der Waals surface area contributed by atoms with Crippen molar-refractivity contribution >= 4 is 12.0 Å². The number of hydrogen-bond donors (Lipinski definition) is 2. The van der Waals surface area contributed by atoms with Crippen LogP contribution in [-0.2, 0) is 9.53 Å². The summed E-state index contributed by atoms with van der Waals surface area (Å²) in [5.74, 6) is 0.749. The summed E-state index contributed by atoms with van der Waals surface area (Å²) < 4.78 is 5.14. The highest BCUT2D eigenvalue weighted by molar-refractivity contribution is 5.77. The van der Waals surface area contributed by atoms with Gasteiger partial charge in [-0.2, -0.15) is 0 Å². The monoisotopic (exact) mass is 348 g/mol. The summed E-state index contributed by atoms with van der Waals surface area (Å²) in [5, 5.41) is 12.0. The molecule has 6 nitrogen and oxygen atoms in total. The minimum atomic E-state index is -0.537. The molecule has 0 spiro atoms. The van der Waals surface area contributed by atoms with E-state index in [1.165, 1.54) is 5.56 Å². The first-order chi connectivity index (χ1) is 11.7. The minimum Gasteiger partial charge on any atom is -0.508 e. The molecule has 2 rings (SSSR count). The van der Waals surface area contributed by atoms with Gasteiger partial charge in [0.15, 0.2) is 0 Å². The van der Waals surface area contributed by atoms with Crippen LogP contribution < -0.4 is 5.32 Å². The normalized spacial score (nSPS) is 15.7. The molecule has 0 unspecified atom stereocenters. The molecule has 0 radical (unpaired) electrons. The molecule has 138 valence electrons. The summed E-state index contributed by atoms with van der Waals surface area (Å²) in [7, 11) is 0. The van der Waals surface area contributed by atoms with Crippen molar-refractivity contribution in [3.8, 4) is 5.75 Å². The Morgan fingerprint density at radius 2 is 1.80 bits per heavy atom. The summed E-state index contributed by atoms with van der Waals surface area (Å²) in [6, 6.07) is 7.30. The average Bonchev–Trinajstić information content (AvgIpc) is 2.54. The van der Waals surface area contributed by atoms with Gasteiger partial charge in [0.05, 0.1) is 0 Å². The molecule has 1 heterocycles. The lowest BCUT2D eigenvalue weighted by Crippen LogP contribution is -2.40. The molecule has 1 aromatic rings. The zero-order valence-electron chi connectivity index (χ0n) is 15.2. The number of benzene rings is 1. The van der Waals surface area contributed by atoms with Crippen molar-refractivity contribution in [1.82, 2.24) is 10.2 Å². The maximum Gasteiger partial charge on any atom is 0.407 e. The van der Waals surface area contributed by atoms with Crippen LogP contribution in [0.3, 0.4) is 0 Å². The molecule has 2 amide bonds. The second-order valence-corrected chi connectivity index (χ2v) is 7.43. The van der Waals surface area contributed by atoms with Crippen molar-refractivity contribution in [3.63, 3.8) is 0 Å². The van der Waals surface area contributed by atoms with Gasteiger partial charge in [-0.05, 0) is 57.2 Å². The number of carbonyl (C=O) groups is 2. The van der Waals surface area contributed by atoms with Crippen LogP contribution >= 0.6 is 0 Å². The molecule has 1 aromatic carbocycles. The van der Waals surface area contributed by atoms with Crippen LogP contribution in [0.15, 0.2) is 24.3 Å². The molecule has 1 fully saturated rings. The van der Waals surface area contributed by atoms with Crippen LogP contribution in [0, 0.1) is 0 Å². The second-order valence-electron chi connectivity index (χ2n) is 7.43. The van der Waals surface area contributed by atoms with Gasteiger partial charge in [-0.3, -0.25) is 4.79 Å². The van der Waals surface area contributed by atoms with Crippen molar-refractivity contribution in [2.24, 2.45) is 0 Å². The molecule has 2 N–H and O–H groups in total. The number of carbonyl (C=O) groups excluding carboxylic acids is 2. The van der Waals surface area contributed by atoms with Gasteiger partial charge >= 0.3 is 6.09 Å². The molecule has 6 heteroatoms. The topological polar surface area (TPSA) is 78.9 Å². The Balaban J connectivity index is 1.70. The fourth-order valence-electron chi connectivity index (χ4n) is 2.95. The lowest BCUT2D eigenvalue weighted by molar-refractivity contribution is -0.132. The number of hydrogen-bond acceptors (Lipinski definition) is 4. The Kier molecular flexibility index (Phi) is 6.28. The third-order valence-electron chi connectivity index (χ3n) is 4.22. The first-order valence-corrected chi connectivity index (χ1v) is 8.78. The third kappa shape index (κ3) is 6.29. The molecule has 0 bridgehead atoms. The van der Waals surface area contributed by atoms with E-state index < -0.39 is 11.7 Å². The molecule has 0 saturated carbocycles. The SMILES string of the molecule is CC(C)(C)OC(=O)NCCC(=O)N1CCC(c2ccc(O)cc2)CC1. The van der Waals surface area contributed by atoms with Crippen LogP contribution in [0.2, 0.25) is 0 Å². The number of nitrogens with one attached hydrogen (secondary N) is 1. The van der Waals surface area contributed by atoms with Gasteiger partial charge in [-0.25, -0.2) is 4.79 Å². The Hall–Kier alpha value is -2.24. The number of rotatable bonds is 4. The minimum absolute atomic E-state index is 0.0558. The number of phenolic OH excluding ortho intramolecular Hbond substituents is 1. The Morgan fingerprint density at radius 1 is 1.20 bits per heavy atom. The van der Waals surface area contributed by atoms with Gasteiger partial charge in [-0.1, -0.05) is 12.1 Å². The van der Waals surface area contributed by atoms with Crippen LogP contribution in [0.5, 0.6) is 5.75 Å². The average molecular weight is 348 g/mol. The Labute approximate surface area is 149 Å². The zero-order chi connectivity index (χ0) is 18.4. The van der Waals surface area contributed by atoms with Gasteiger partial charge in [-0.15, -0.1) is 0 Å². The molecule has 1 aliphatic rings. The predicted molar refractivity (Wildman–Crippen MR) is 95.5 cm³/mol. The van der Waals surface area contributed by atoms with E-state index in [4.69, 9.17) is 4.74 Å². The van der Waals surface area contributed by atoms with Crippen molar-refractivity contribution in [2.45, 2.75) is 51.6 Å². The fourth-order valence-corrected chi connectivity index (χ4v) is 2.95. The molecule has 1 saturated heterocycles. The van der Waals surface area contributed by atoms with Crippen molar-refractivity contribution in [3.05, 3.63) is 29.8 Å². The smallest absolute Gasteiger partial charge is 0.407 e. The zero-order valence-corrected chi connectivity index (χ0v) is 15.2. The second kappa shape index (κ2) is 8.23. The largest absolute Gasteiger partial charge is 0.508 e. The molecule has 0 aromatic heterocycles. The van der Waals surface area contributed by atoms with Gasteiger partial charge < -0.3 is 20.1 Å². The summed E-state index contributed by atoms with van der Waals surface area (Å²) >= 11 is 0. The first kappa shape index (κ1) is 19.1. The van der Waals surface area contributed by atoms with Gasteiger partial charge in [0.2, 0.25) is 5.91 Å². The maximum atomic E-state index is 12.3. The van der Waals surface area contributed by atoms with E-state index in [1.54, 1.807) is 32.9 Å². The molecular weight excluding hydrogens is 320 g/mol. The van der Waals surface area contributed by atoms with Crippen molar-refractivity contribution in [1.29, 1.82) is 0 Å². The standard InChI is InChI=1S/C19H28N2O4/c1-19(2,3)25-18(24)20-11-8-17(23)21-12-9-15(10-13-21)14-4-6-16(22)7-5-14/h4-7,15,22H,8-13H2,1-3H3,(H,20,24). The highest BCUT2D eigenvalue weighted by Gasteiger charge is 2.24. The molecule has 0 aliphatic carbocycles. The first-order valence-electron chi connectivity index (χ1n) is 8.78. The number of likely N-dealkylation sites (tertiary alicyclic amines) is 1. The summed E-state index contributed by atoms with van der Waals surface area (Å²) in [5.41, 5.74) is 0.668. The van der Waals surface area contributed by atoms with E-state index in [-0.39, 0.29) is 24.6 Å². The number of aromatic hydroxyl groups is 1. The van der Waals surface area contributed by atoms with Gasteiger partial charge in [0.1, 0.15) is 11.4 Å². The van der Waals surface area contributed by atoms with E-state index in [9.17, 15) is 14.7 Å². The van der Waals surface area contributed by atoms with Crippen LogP contribution in [0.25, 0.3) is 0 Å². The Morgan fingerprint density at radius 3 is 2.36 bits per heavy atom. The van der Waals surface area contributed by atoms with Crippen LogP contribution in [0.1, 0.15) is 51.5 Å². The quantitative estimate of drug-likeness (QED) is 0.877. The number of piperidine rings is 1. The summed E-state index contributed by atoms with van der Waals surface area (Å²) in [6.45, 7) is 7.13. The summed E-state index contributed by atoms with van der Waals surface area (Å²) in [6.07, 6.45) is 1.61. The van der Waals surface area contributed by atoms with Crippen molar-refractivity contribution in [2.75, 3.05) is 19.6 Å². The number of nitrogens with zero attached hydrogens (tertiary/aromatic N) is 1. The number of alkyl carbamates (subject to hydrolysis) is 1. The van der Waals surface area contributed by atoms with E-state index in [1.807, 2.05) is 17.0 Å². The van der Waals surface area contributed by atoms with Gasteiger partial charge in [0.25, 0.3) is 0 Å². The van der Waals surface area contributed by atoms with E-state index in [0.717, 1.165) is 25.9 Å². The van der Waals surface area contributed by atoms with Crippen molar-refractivity contribution < 1.29 is 19.4 Å². The number of phenols is 1. The summed E-state index contributed by atoms with van der Waals surface area (Å²) in [4.78, 5) is 25.7.